The average Bonchev–Trinajstić information content (AvgIpc) is 2.92. The third-order valence-corrected chi connectivity index (χ3v) is 4.18. The van der Waals surface area contributed by atoms with Crippen LogP contribution in [0.4, 0.5) is 14.5 Å². The highest BCUT2D eigenvalue weighted by atomic mass is 19.3. The van der Waals surface area contributed by atoms with Crippen molar-refractivity contribution in [2.24, 2.45) is 0 Å². The van der Waals surface area contributed by atoms with Crippen molar-refractivity contribution >= 4 is 22.6 Å². The third kappa shape index (κ3) is 3.99. The highest BCUT2D eigenvalue weighted by molar-refractivity contribution is 5.92. The minimum absolute atomic E-state index is 0.0145. The van der Waals surface area contributed by atoms with Gasteiger partial charge < -0.3 is 10.1 Å². The molecule has 1 N–H and O–H groups in total. The Bertz CT molecular complexity index is 1010. The Morgan fingerprint density at radius 2 is 1.70 bits per heavy atom. The summed E-state index contributed by atoms with van der Waals surface area (Å²) in [5, 5.41) is 2.56. The SMILES string of the molecule is CCn1c(=O)n(CCC(=O)Nc2ccccc2OC(F)F)c2ccccc21. The summed E-state index contributed by atoms with van der Waals surface area (Å²) in [6.45, 7) is -0.403. The number of ether oxygens (including phenoxy) is 1. The molecule has 0 spiro atoms. The molecule has 1 aromatic heterocycles. The lowest BCUT2D eigenvalue weighted by molar-refractivity contribution is -0.116. The number of benzene rings is 2. The van der Waals surface area contributed by atoms with E-state index >= 15 is 0 Å². The lowest BCUT2D eigenvalue weighted by Crippen LogP contribution is -2.25. The van der Waals surface area contributed by atoms with Crippen molar-refractivity contribution in [1.29, 1.82) is 0 Å². The summed E-state index contributed by atoms with van der Waals surface area (Å²) in [4.78, 5) is 24.8. The van der Waals surface area contributed by atoms with E-state index in [2.05, 4.69) is 10.1 Å². The second-order valence-corrected chi connectivity index (χ2v) is 5.84. The predicted molar refractivity (Wildman–Crippen MR) is 98.2 cm³/mol. The van der Waals surface area contributed by atoms with Gasteiger partial charge in [0.15, 0.2) is 0 Å². The van der Waals surface area contributed by atoms with Gasteiger partial charge >= 0.3 is 12.3 Å². The first-order valence-corrected chi connectivity index (χ1v) is 8.53. The molecule has 1 heterocycles. The van der Waals surface area contributed by atoms with Crippen LogP contribution < -0.4 is 15.7 Å². The summed E-state index contributed by atoms with van der Waals surface area (Å²) in [6.07, 6.45) is 0.0145. The molecule has 0 aliphatic heterocycles. The van der Waals surface area contributed by atoms with Crippen molar-refractivity contribution in [3.8, 4) is 5.75 Å². The van der Waals surface area contributed by atoms with Gasteiger partial charge in [0.2, 0.25) is 5.91 Å². The third-order valence-electron chi connectivity index (χ3n) is 4.18. The summed E-state index contributed by atoms with van der Waals surface area (Å²) < 4.78 is 32.5. The number of nitrogens with zero attached hydrogens (tertiary/aromatic N) is 2. The van der Waals surface area contributed by atoms with E-state index in [1.165, 1.54) is 18.2 Å². The number of aromatic nitrogens is 2. The Labute approximate surface area is 154 Å². The van der Waals surface area contributed by atoms with Crippen molar-refractivity contribution in [3.05, 3.63) is 59.0 Å². The quantitative estimate of drug-likeness (QED) is 0.688. The van der Waals surface area contributed by atoms with E-state index in [1.807, 2.05) is 31.2 Å². The minimum Gasteiger partial charge on any atom is -0.433 e. The van der Waals surface area contributed by atoms with Gasteiger partial charge in [-0.1, -0.05) is 24.3 Å². The van der Waals surface area contributed by atoms with Crippen molar-refractivity contribution < 1.29 is 18.3 Å². The number of aryl methyl sites for hydroxylation is 2. The summed E-state index contributed by atoms with van der Waals surface area (Å²) in [7, 11) is 0. The zero-order valence-corrected chi connectivity index (χ0v) is 14.7. The molecule has 3 aromatic rings. The first-order valence-electron chi connectivity index (χ1n) is 8.53. The van der Waals surface area contributed by atoms with Gasteiger partial charge in [0.1, 0.15) is 5.75 Å². The monoisotopic (exact) mass is 375 g/mol. The second kappa shape index (κ2) is 8.03. The highest BCUT2D eigenvalue weighted by Gasteiger charge is 2.14. The Morgan fingerprint density at radius 3 is 2.37 bits per heavy atom. The molecule has 0 radical (unpaired) electrons. The van der Waals surface area contributed by atoms with Crippen LogP contribution in [0.2, 0.25) is 0 Å². The van der Waals surface area contributed by atoms with Crippen LogP contribution in [0.3, 0.4) is 0 Å². The number of nitrogens with one attached hydrogen (secondary N) is 1. The van der Waals surface area contributed by atoms with E-state index in [0.29, 0.717) is 6.54 Å². The zero-order valence-electron chi connectivity index (χ0n) is 14.7. The van der Waals surface area contributed by atoms with E-state index in [0.717, 1.165) is 11.0 Å². The number of carbonyl (C=O) groups is 1. The number of halogens is 2. The molecule has 3 rings (SSSR count). The molecule has 142 valence electrons. The molecule has 0 saturated heterocycles. The van der Waals surface area contributed by atoms with E-state index in [1.54, 1.807) is 15.2 Å². The van der Waals surface area contributed by atoms with Crippen LogP contribution in [-0.4, -0.2) is 21.7 Å². The summed E-state index contributed by atoms with van der Waals surface area (Å²) >= 11 is 0. The Kier molecular flexibility index (Phi) is 5.54. The van der Waals surface area contributed by atoms with Gasteiger partial charge in [-0.15, -0.1) is 0 Å². The molecule has 0 aliphatic rings. The van der Waals surface area contributed by atoms with Crippen LogP contribution >= 0.6 is 0 Å². The fourth-order valence-electron chi connectivity index (χ4n) is 2.99. The lowest BCUT2D eigenvalue weighted by Gasteiger charge is -2.11. The van der Waals surface area contributed by atoms with Crippen LogP contribution in [0, 0.1) is 0 Å². The van der Waals surface area contributed by atoms with Gasteiger partial charge in [-0.05, 0) is 31.2 Å². The highest BCUT2D eigenvalue weighted by Crippen LogP contribution is 2.25. The van der Waals surface area contributed by atoms with Crippen LogP contribution in [0.25, 0.3) is 11.0 Å². The molecule has 8 heteroatoms. The number of imidazole rings is 1. The first-order chi connectivity index (χ1) is 13.0. The largest absolute Gasteiger partial charge is 0.433 e. The van der Waals surface area contributed by atoms with E-state index in [-0.39, 0.29) is 30.1 Å². The lowest BCUT2D eigenvalue weighted by atomic mass is 10.2. The maximum Gasteiger partial charge on any atom is 0.387 e. The molecular weight excluding hydrogens is 356 g/mol. The second-order valence-electron chi connectivity index (χ2n) is 5.84. The van der Waals surface area contributed by atoms with Gasteiger partial charge in [-0.25, -0.2) is 4.79 Å². The maximum atomic E-state index is 12.6. The van der Waals surface area contributed by atoms with Gasteiger partial charge in [-0.2, -0.15) is 8.78 Å². The fraction of sp³-hybridized carbons (Fsp3) is 0.263. The molecule has 0 unspecified atom stereocenters. The molecule has 0 aliphatic carbocycles. The smallest absolute Gasteiger partial charge is 0.387 e. The molecule has 0 atom stereocenters. The standard InChI is InChI=1S/C19H19F2N3O3/c1-2-23-14-8-4-5-9-15(14)24(19(23)26)12-11-17(25)22-13-7-3-6-10-16(13)27-18(20)21/h3-10,18H,2,11-12H2,1H3,(H,22,25). The van der Waals surface area contributed by atoms with Crippen molar-refractivity contribution in [1.82, 2.24) is 9.13 Å². The normalized spacial score (nSPS) is 11.1. The van der Waals surface area contributed by atoms with E-state index < -0.39 is 12.5 Å². The van der Waals surface area contributed by atoms with Crippen LogP contribution in [0.15, 0.2) is 53.3 Å². The van der Waals surface area contributed by atoms with Gasteiger partial charge in [0.05, 0.1) is 16.7 Å². The number of rotatable bonds is 7. The maximum absolute atomic E-state index is 12.6. The van der Waals surface area contributed by atoms with Crippen molar-refractivity contribution in [2.45, 2.75) is 33.0 Å². The van der Waals surface area contributed by atoms with Crippen LogP contribution in [0.5, 0.6) is 5.75 Å². The topological polar surface area (TPSA) is 65.3 Å². The molecule has 27 heavy (non-hydrogen) atoms. The number of hydrogen-bond donors (Lipinski definition) is 1. The Hall–Kier alpha value is -3.16. The van der Waals surface area contributed by atoms with Crippen molar-refractivity contribution in [3.63, 3.8) is 0 Å². The summed E-state index contributed by atoms with van der Waals surface area (Å²) in [5.41, 5.74) is 1.53. The number of anilines is 1. The van der Waals surface area contributed by atoms with Gasteiger partial charge in [0.25, 0.3) is 0 Å². The molecular formula is C19H19F2N3O3. The van der Waals surface area contributed by atoms with E-state index in [4.69, 9.17) is 0 Å². The summed E-state index contributed by atoms with van der Waals surface area (Å²) in [5.74, 6) is -0.513. The number of hydrogen-bond acceptors (Lipinski definition) is 3. The number of fused-ring (bicyclic) bond motifs is 1. The van der Waals surface area contributed by atoms with Gasteiger partial charge in [0, 0.05) is 19.5 Å². The molecule has 0 fully saturated rings. The number of carbonyl (C=O) groups excluding carboxylic acids is 1. The average molecular weight is 375 g/mol. The summed E-state index contributed by atoms with van der Waals surface area (Å²) in [6, 6.07) is 13.3. The number of para-hydroxylation sites is 4. The van der Waals surface area contributed by atoms with Crippen LogP contribution in [0.1, 0.15) is 13.3 Å². The zero-order chi connectivity index (χ0) is 19.4. The minimum atomic E-state index is -2.98. The van der Waals surface area contributed by atoms with Gasteiger partial charge in [-0.3, -0.25) is 13.9 Å². The predicted octanol–water partition coefficient (Wildman–Crippen LogP) is 3.45. The molecule has 2 aromatic carbocycles. The molecule has 6 nitrogen and oxygen atoms in total. The van der Waals surface area contributed by atoms with E-state index in [9.17, 15) is 18.4 Å². The van der Waals surface area contributed by atoms with Crippen LogP contribution in [-0.2, 0) is 17.9 Å². The molecule has 0 bridgehead atoms. The fourth-order valence-corrected chi connectivity index (χ4v) is 2.99. The Balaban J connectivity index is 1.75. The van der Waals surface area contributed by atoms with Crippen molar-refractivity contribution in [2.75, 3.05) is 5.32 Å². The molecule has 0 saturated carbocycles. The Morgan fingerprint density at radius 1 is 1.07 bits per heavy atom. The number of alkyl halides is 2. The number of amides is 1. The molecule has 1 amide bonds. The first kappa shape index (κ1) is 18.6.